The van der Waals surface area contributed by atoms with Crippen molar-refractivity contribution >= 4 is 23.3 Å². The molecule has 2 N–H and O–H groups in total. The Balaban J connectivity index is 1.74. The number of methoxy groups -OCH3 is 1. The van der Waals surface area contributed by atoms with Gasteiger partial charge in [0.2, 0.25) is 0 Å². The van der Waals surface area contributed by atoms with Crippen LogP contribution in [0.1, 0.15) is 52.0 Å². The molecule has 0 unspecified atom stereocenters. The van der Waals surface area contributed by atoms with Crippen molar-refractivity contribution in [1.82, 2.24) is 5.32 Å². The molecule has 0 amide bonds. The molecule has 4 rings (SSSR count). The van der Waals surface area contributed by atoms with E-state index in [0.717, 1.165) is 35.7 Å². The molecular weight excluding hydrogens is 348 g/mol. The molecule has 1 fully saturated rings. The first-order chi connectivity index (χ1) is 12.6. The number of fused-ring (bicyclic) bond motifs is 3. The summed E-state index contributed by atoms with van der Waals surface area (Å²) in [4.78, 5) is 11.8. The first kappa shape index (κ1) is 17.4. The number of aryl methyl sites for hydroxylation is 1. The number of halogens is 1. The second-order valence-corrected chi connectivity index (χ2v) is 7.59. The highest BCUT2D eigenvalue weighted by molar-refractivity contribution is 6.30. The Morgan fingerprint density at radius 2 is 2.00 bits per heavy atom. The van der Waals surface area contributed by atoms with Crippen molar-refractivity contribution in [3.63, 3.8) is 0 Å². The molecule has 0 radical (unpaired) electrons. The summed E-state index contributed by atoms with van der Waals surface area (Å²) >= 11 is 6.25. The fourth-order valence-corrected chi connectivity index (χ4v) is 4.57. The molecule has 2 aromatic carbocycles. The van der Waals surface area contributed by atoms with Crippen LogP contribution in [0.4, 0.5) is 5.69 Å². The number of piperidine rings is 1. The lowest BCUT2D eigenvalue weighted by Gasteiger charge is -2.44. The van der Waals surface area contributed by atoms with E-state index in [2.05, 4.69) is 35.8 Å². The van der Waals surface area contributed by atoms with Gasteiger partial charge in [0.15, 0.2) is 0 Å². The van der Waals surface area contributed by atoms with Gasteiger partial charge in [0.05, 0.1) is 18.7 Å². The van der Waals surface area contributed by atoms with Crippen molar-refractivity contribution in [3.8, 4) is 0 Å². The van der Waals surface area contributed by atoms with E-state index in [0.29, 0.717) is 17.5 Å². The van der Waals surface area contributed by atoms with Crippen LogP contribution in [0.3, 0.4) is 0 Å². The molecule has 0 saturated carbocycles. The van der Waals surface area contributed by atoms with Gasteiger partial charge < -0.3 is 15.4 Å². The zero-order valence-corrected chi connectivity index (χ0v) is 15.8. The Hall–Kier alpha value is -2.04. The topological polar surface area (TPSA) is 50.4 Å². The highest BCUT2D eigenvalue weighted by Crippen LogP contribution is 2.47. The Morgan fingerprint density at radius 3 is 2.77 bits per heavy atom. The van der Waals surface area contributed by atoms with E-state index < -0.39 is 0 Å². The number of anilines is 1. The predicted octanol–water partition coefficient (Wildman–Crippen LogP) is 4.64. The van der Waals surface area contributed by atoms with Gasteiger partial charge in [0.25, 0.3) is 0 Å². The van der Waals surface area contributed by atoms with E-state index in [1.165, 1.54) is 18.2 Å². The Morgan fingerprint density at radius 1 is 1.15 bits per heavy atom. The van der Waals surface area contributed by atoms with Crippen LogP contribution in [0.25, 0.3) is 0 Å². The van der Waals surface area contributed by atoms with Crippen LogP contribution >= 0.6 is 11.6 Å². The van der Waals surface area contributed by atoms with E-state index in [1.807, 2.05) is 18.2 Å². The number of rotatable bonds is 2. The lowest BCUT2D eigenvalue weighted by Crippen LogP contribution is -2.42. The van der Waals surface area contributed by atoms with E-state index in [-0.39, 0.29) is 12.0 Å². The van der Waals surface area contributed by atoms with E-state index in [9.17, 15) is 4.79 Å². The Labute approximate surface area is 158 Å². The number of carbonyl (C=O) groups excluding carboxylic acids is 1. The van der Waals surface area contributed by atoms with Crippen LogP contribution in [-0.4, -0.2) is 19.6 Å². The Kier molecular flexibility index (Phi) is 4.63. The SMILES string of the molecule is COC(=O)c1ccc([C@H]2Nc3ccc(Cl)cc3[C@@H]3NCCC[C@H]23)c(C)c1. The quantitative estimate of drug-likeness (QED) is 0.756. The summed E-state index contributed by atoms with van der Waals surface area (Å²) in [7, 11) is 1.41. The number of hydrogen-bond acceptors (Lipinski definition) is 4. The van der Waals surface area contributed by atoms with Gasteiger partial charge in [-0.2, -0.15) is 0 Å². The van der Waals surface area contributed by atoms with Gasteiger partial charge in [-0.25, -0.2) is 4.79 Å². The molecule has 26 heavy (non-hydrogen) atoms. The zero-order chi connectivity index (χ0) is 18.3. The summed E-state index contributed by atoms with van der Waals surface area (Å²) in [5.74, 6) is 0.144. The van der Waals surface area contributed by atoms with E-state index in [1.54, 1.807) is 0 Å². The highest BCUT2D eigenvalue weighted by atomic mass is 35.5. The number of ether oxygens (including phenoxy) is 1. The smallest absolute Gasteiger partial charge is 0.337 e. The second-order valence-electron chi connectivity index (χ2n) is 7.15. The second kappa shape index (κ2) is 6.93. The molecular formula is C21H23ClN2O2. The Bertz CT molecular complexity index is 852. The van der Waals surface area contributed by atoms with Crippen LogP contribution in [0.15, 0.2) is 36.4 Å². The molecule has 2 aliphatic heterocycles. The summed E-state index contributed by atoms with van der Waals surface area (Å²) in [6, 6.07) is 12.4. The number of hydrogen-bond donors (Lipinski definition) is 2. The molecule has 0 aromatic heterocycles. The number of benzene rings is 2. The van der Waals surface area contributed by atoms with Crippen LogP contribution in [-0.2, 0) is 4.74 Å². The molecule has 0 aliphatic carbocycles. The first-order valence-corrected chi connectivity index (χ1v) is 9.44. The molecule has 3 atom stereocenters. The predicted molar refractivity (Wildman–Crippen MR) is 104 cm³/mol. The van der Waals surface area contributed by atoms with Crippen molar-refractivity contribution in [2.45, 2.75) is 31.8 Å². The number of esters is 1. The summed E-state index contributed by atoms with van der Waals surface area (Å²) in [5.41, 5.74) is 5.31. The molecule has 0 spiro atoms. The molecule has 0 bridgehead atoms. The number of nitrogens with one attached hydrogen (secondary N) is 2. The van der Waals surface area contributed by atoms with Crippen LogP contribution in [0.5, 0.6) is 0 Å². The summed E-state index contributed by atoms with van der Waals surface area (Å²) < 4.78 is 4.84. The van der Waals surface area contributed by atoms with Crippen molar-refractivity contribution < 1.29 is 9.53 Å². The summed E-state index contributed by atoms with van der Waals surface area (Å²) in [5, 5.41) is 8.19. The lowest BCUT2D eigenvalue weighted by molar-refractivity contribution is 0.0600. The van der Waals surface area contributed by atoms with Crippen LogP contribution < -0.4 is 10.6 Å². The molecule has 2 aromatic rings. The fraction of sp³-hybridized carbons (Fsp3) is 0.381. The maximum absolute atomic E-state index is 11.8. The molecule has 2 heterocycles. The van der Waals surface area contributed by atoms with Crippen LogP contribution in [0.2, 0.25) is 5.02 Å². The van der Waals surface area contributed by atoms with Gasteiger partial charge in [-0.15, -0.1) is 0 Å². The molecule has 2 aliphatic rings. The third kappa shape index (κ3) is 2.97. The minimum absolute atomic E-state index is 0.202. The lowest BCUT2D eigenvalue weighted by atomic mass is 9.74. The molecule has 5 heteroatoms. The van der Waals surface area contributed by atoms with Gasteiger partial charge in [0, 0.05) is 22.7 Å². The number of carbonyl (C=O) groups is 1. The monoisotopic (exact) mass is 370 g/mol. The van der Waals surface area contributed by atoms with E-state index in [4.69, 9.17) is 16.3 Å². The van der Waals surface area contributed by atoms with Gasteiger partial charge in [-0.05, 0) is 73.3 Å². The molecule has 1 saturated heterocycles. The normalized spacial score (nSPS) is 24.2. The van der Waals surface area contributed by atoms with Gasteiger partial charge in [0.1, 0.15) is 0 Å². The van der Waals surface area contributed by atoms with Crippen molar-refractivity contribution in [2.24, 2.45) is 5.92 Å². The highest BCUT2D eigenvalue weighted by Gasteiger charge is 2.39. The van der Waals surface area contributed by atoms with Gasteiger partial charge in [-0.3, -0.25) is 0 Å². The van der Waals surface area contributed by atoms with Gasteiger partial charge >= 0.3 is 5.97 Å². The maximum atomic E-state index is 11.8. The van der Waals surface area contributed by atoms with Gasteiger partial charge in [-0.1, -0.05) is 17.7 Å². The molecule has 4 nitrogen and oxygen atoms in total. The largest absolute Gasteiger partial charge is 0.465 e. The van der Waals surface area contributed by atoms with Crippen LogP contribution in [0, 0.1) is 12.8 Å². The average Bonchev–Trinajstić information content (AvgIpc) is 2.67. The van der Waals surface area contributed by atoms with Crippen molar-refractivity contribution in [3.05, 3.63) is 63.7 Å². The van der Waals surface area contributed by atoms with E-state index >= 15 is 0 Å². The summed E-state index contributed by atoms with van der Waals surface area (Å²) in [6.45, 7) is 3.09. The standard InChI is InChI=1S/C21H23ClN2O2/c1-12-10-13(21(25)26-2)5-7-15(12)20-16-4-3-9-23-19(16)17-11-14(22)6-8-18(17)24-20/h5-8,10-11,16,19-20,23-24H,3-4,9H2,1-2H3/t16-,19+,20+/m0/s1. The van der Waals surface area contributed by atoms with Crippen molar-refractivity contribution in [2.75, 3.05) is 19.0 Å². The minimum atomic E-state index is -0.298. The third-order valence-electron chi connectivity index (χ3n) is 5.62. The fourth-order valence-electron chi connectivity index (χ4n) is 4.39. The van der Waals surface area contributed by atoms with Crippen molar-refractivity contribution in [1.29, 1.82) is 0 Å². The summed E-state index contributed by atoms with van der Waals surface area (Å²) in [6.07, 6.45) is 2.31. The minimum Gasteiger partial charge on any atom is -0.465 e. The first-order valence-electron chi connectivity index (χ1n) is 9.06. The zero-order valence-electron chi connectivity index (χ0n) is 15.0. The molecule has 136 valence electrons. The average molecular weight is 371 g/mol. The maximum Gasteiger partial charge on any atom is 0.337 e. The third-order valence-corrected chi connectivity index (χ3v) is 5.86.